The van der Waals surface area contributed by atoms with E-state index in [1.165, 1.54) is 18.1 Å². The predicted molar refractivity (Wildman–Crippen MR) is 90.8 cm³/mol. The molecule has 0 aliphatic rings. The van der Waals surface area contributed by atoms with Crippen molar-refractivity contribution in [3.8, 4) is 16.9 Å². The molecule has 0 aliphatic heterocycles. The molecular formula is C16H15BrN2O4. The van der Waals surface area contributed by atoms with E-state index in [9.17, 15) is 14.9 Å². The lowest BCUT2D eigenvalue weighted by Crippen LogP contribution is -2.22. The molecule has 2 aromatic rings. The minimum absolute atomic E-state index is 0.100. The van der Waals surface area contributed by atoms with Crippen molar-refractivity contribution in [2.45, 2.75) is 0 Å². The van der Waals surface area contributed by atoms with Crippen molar-refractivity contribution in [1.82, 2.24) is 4.90 Å². The summed E-state index contributed by atoms with van der Waals surface area (Å²) >= 11 is 3.35. The quantitative estimate of drug-likeness (QED) is 0.599. The van der Waals surface area contributed by atoms with Crippen LogP contribution in [-0.2, 0) is 0 Å². The molecule has 6 nitrogen and oxygen atoms in total. The van der Waals surface area contributed by atoms with Gasteiger partial charge in [-0.3, -0.25) is 14.9 Å². The molecule has 23 heavy (non-hydrogen) atoms. The molecule has 0 atom stereocenters. The average Bonchev–Trinajstić information content (AvgIpc) is 2.53. The van der Waals surface area contributed by atoms with E-state index in [0.717, 1.165) is 0 Å². The first-order chi connectivity index (χ1) is 10.9. The Morgan fingerprint density at radius 2 is 1.83 bits per heavy atom. The van der Waals surface area contributed by atoms with Gasteiger partial charge in [-0.15, -0.1) is 0 Å². The first-order valence-electron chi connectivity index (χ1n) is 6.70. The summed E-state index contributed by atoms with van der Waals surface area (Å²) in [5.74, 6) is 0.136. The Hall–Kier alpha value is -2.41. The molecule has 0 fully saturated rings. The lowest BCUT2D eigenvalue weighted by atomic mass is 9.96. The van der Waals surface area contributed by atoms with Crippen molar-refractivity contribution < 1.29 is 14.5 Å². The van der Waals surface area contributed by atoms with Gasteiger partial charge in [0.05, 0.1) is 23.2 Å². The molecule has 7 heteroatoms. The van der Waals surface area contributed by atoms with Crippen LogP contribution in [0.1, 0.15) is 10.4 Å². The standard InChI is InChI=1S/C16H15BrN2O4/c1-18(2)16(20)10-6-4-9-13(23-3)14(10)15-11(17)7-5-8-12(15)19(21)22/h4-9H,1-3H3. The number of hydrogen-bond donors (Lipinski definition) is 0. The highest BCUT2D eigenvalue weighted by Gasteiger charge is 2.26. The van der Waals surface area contributed by atoms with Crippen LogP contribution < -0.4 is 4.74 Å². The molecule has 0 saturated heterocycles. The predicted octanol–water partition coefficient (Wildman–Crippen LogP) is 3.73. The van der Waals surface area contributed by atoms with Crippen LogP contribution in [0.2, 0.25) is 0 Å². The van der Waals surface area contributed by atoms with Gasteiger partial charge in [-0.25, -0.2) is 0 Å². The monoisotopic (exact) mass is 378 g/mol. The number of nitrogens with zero attached hydrogens (tertiary/aromatic N) is 2. The smallest absolute Gasteiger partial charge is 0.278 e. The second kappa shape index (κ2) is 6.78. The Balaban J connectivity index is 2.88. The maximum absolute atomic E-state index is 12.5. The second-order valence-corrected chi connectivity index (χ2v) is 5.83. The number of carbonyl (C=O) groups is 1. The van der Waals surface area contributed by atoms with Gasteiger partial charge in [-0.1, -0.05) is 12.1 Å². The van der Waals surface area contributed by atoms with Crippen LogP contribution in [0.4, 0.5) is 5.69 Å². The first kappa shape index (κ1) is 17.0. The van der Waals surface area contributed by atoms with Crippen molar-refractivity contribution in [1.29, 1.82) is 0 Å². The van der Waals surface area contributed by atoms with Gasteiger partial charge in [0.25, 0.3) is 11.6 Å². The molecular weight excluding hydrogens is 364 g/mol. The van der Waals surface area contributed by atoms with Crippen LogP contribution in [0.15, 0.2) is 40.9 Å². The third-order valence-corrected chi connectivity index (χ3v) is 3.98. The SMILES string of the molecule is COc1cccc(C(=O)N(C)C)c1-c1c(Br)cccc1[N+](=O)[O-]. The highest BCUT2D eigenvalue weighted by atomic mass is 79.9. The normalized spacial score (nSPS) is 10.3. The Labute approximate surface area is 142 Å². The zero-order valence-corrected chi connectivity index (χ0v) is 14.5. The number of carbonyl (C=O) groups excluding carboxylic acids is 1. The van der Waals surface area contributed by atoms with Gasteiger partial charge in [-0.05, 0) is 34.1 Å². The Kier molecular flexibility index (Phi) is 5.00. The number of halogens is 1. The van der Waals surface area contributed by atoms with E-state index in [1.807, 2.05) is 0 Å². The third kappa shape index (κ3) is 3.19. The molecule has 0 N–H and O–H groups in total. The molecule has 0 aromatic heterocycles. The van der Waals surface area contributed by atoms with Gasteiger partial charge in [-0.2, -0.15) is 0 Å². The molecule has 0 heterocycles. The highest BCUT2D eigenvalue weighted by molar-refractivity contribution is 9.10. The molecule has 0 radical (unpaired) electrons. The zero-order chi connectivity index (χ0) is 17.1. The number of nitro benzene ring substituents is 1. The summed E-state index contributed by atoms with van der Waals surface area (Å²) in [6.07, 6.45) is 0. The van der Waals surface area contributed by atoms with E-state index in [-0.39, 0.29) is 11.6 Å². The van der Waals surface area contributed by atoms with Crippen LogP contribution in [0.25, 0.3) is 11.1 Å². The topological polar surface area (TPSA) is 72.7 Å². The average molecular weight is 379 g/mol. The van der Waals surface area contributed by atoms with Gasteiger partial charge in [0.1, 0.15) is 5.75 Å². The van der Waals surface area contributed by atoms with Gasteiger partial charge < -0.3 is 9.64 Å². The summed E-state index contributed by atoms with van der Waals surface area (Å²) in [4.78, 5) is 24.8. The van der Waals surface area contributed by atoms with E-state index in [1.54, 1.807) is 44.4 Å². The molecule has 120 valence electrons. The summed E-state index contributed by atoms with van der Waals surface area (Å²) in [6, 6.07) is 9.65. The largest absolute Gasteiger partial charge is 0.496 e. The number of nitro groups is 1. The molecule has 0 aliphatic carbocycles. The van der Waals surface area contributed by atoms with Gasteiger partial charge in [0, 0.05) is 30.2 Å². The Morgan fingerprint density at radius 3 is 2.39 bits per heavy atom. The number of rotatable bonds is 4. The van der Waals surface area contributed by atoms with Crippen LogP contribution in [-0.4, -0.2) is 36.9 Å². The summed E-state index contributed by atoms with van der Waals surface area (Å²) in [6.45, 7) is 0. The Morgan fingerprint density at radius 1 is 1.17 bits per heavy atom. The summed E-state index contributed by atoms with van der Waals surface area (Å²) in [5.41, 5.74) is 0.953. The van der Waals surface area contributed by atoms with E-state index in [4.69, 9.17) is 4.74 Å². The van der Waals surface area contributed by atoms with E-state index >= 15 is 0 Å². The minimum Gasteiger partial charge on any atom is -0.496 e. The number of amides is 1. The van der Waals surface area contributed by atoms with Crippen LogP contribution >= 0.6 is 15.9 Å². The van der Waals surface area contributed by atoms with Crippen molar-refractivity contribution in [3.63, 3.8) is 0 Å². The van der Waals surface area contributed by atoms with E-state index in [0.29, 0.717) is 26.9 Å². The van der Waals surface area contributed by atoms with Crippen molar-refractivity contribution in [2.75, 3.05) is 21.2 Å². The summed E-state index contributed by atoms with van der Waals surface area (Å²) in [5, 5.41) is 11.4. The fourth-order valence-electron chi connectivity index (χ4n) is 2.29. The number of hydrogen-bond acceptors (Lipinski definition) is 4. The van der Waals surface area contributed by atoms with Crippen molar-refractivity contribution in [2.24, 2.45) is 0 Å². The molecule has 0 unspecified atom stereocenters. The highest BCUT2D eigenvalue weighted by Crippen LogP contribution is 2.43. The lowest BCUT2D eigenvalue weighted by molar-refractivity contribution is -0.384. The van der Waals surface area contributed by atoms with Crippen LogP contribution in [0.3, 0.4) is 0 Å². The third-order valence-electron chi connectivity index (χ3n) is 3.32. The molecule has 0 saturated carbocycles. The van der Waals surface area contributed by atoms with Gasteiger partial charge in [0.15, 0.2) is 0 Å². The van der Waals surface area contributed by atoms with Crippen molar-refractivity contribution >= 4 is 27.5 Å². The molecule has 2 rings (SSSR count). The molecule has 0 spiro atoms. The van der Waals surface area contributed by atoms with Crippen molar-refractivity contribution in [3.05, 3.63) is 56.5 Å². The summed E-state index contributed by atoms with van der Waals surface area (Å²) < 4.78 is 5.86. The fourth-order valence-corrected chi connectivity index (χ4v) is 2.84. The first-order valence-corrected chi connectivity index (χ1v) is 7.49. The molecule has 1 amide bonds. The number of ether oxygens (including phenoxy) is 1. The van der Waals surface area contributed by atoms with Crippen LogP contribution in [0.5, 0.6) is 5.75 Å². The van der Waals surface area contributed by atoms with Crippen LogP contribution in [0, 0.1) is 10.1 Å². The molecule has 2 aromatic carbocycles. The van der Waals surface area contributed by atoms with Gasteiger partial charge in [0.2, 0.25) is 0 Å². The fraction of sp³-hybridized carbons (Fsp3) is 0.188. The second-order valence-electron chi connectivity index (χ2n) is 4.97. The number of methoxy groups -OCH3 is 1. The zero-order valence-electron chi connectivity index (χ0n) is 12.9. The lowest BCUT2D eigenvalue weighted by Gasteiger charge is -2.17. The van der Waals surface area contributed by atoms with E-state index < -0.39 is 4.92 Å². The number of benzene rings is 2. The Bertz CT molecular complexity index is 775. The summed E-state index contributed by atoms with van der Waals surface area (Å²) in [7, 11) is 4.71. The van der Waals surface area contributed by atoms with Gasteiger partial charge >= 0.3 is 0 Å². The van der Waals surface area contributed by atoms with E-state index in [2.05, 4.69) is 15.9 Å². The maximum atomic E-state index is 12.5. The molecule has 0 bridgehead atoms. The minimum atomic E-state index is -0.476. The maximum Gasteiger partial charge on any atom is 0.278 e.